The second-order valence-corrected chi connectivity index (χ2v) is 7.43. The minimum absolute atomic E-state index is 0.132. The van der Waals surface area contributed by atoms with Crippen molar-refractivity contribution >= 4 is 39.8 Å². The summed E-state index contributed by atoms with van der Waals surface area (Å²) in [4.78, 5) is 0. The van der Waals surface area contributed by atoms with Gasteiger partial charge in [-0.25, -0.2) is 0 Å². The van der Waals surface area contributed by atoms with Crippen LogP contribution in [0.4, 0.5) is 18.3 Å². The zero-order chi connectivity index (χ0) is 17.2. The number of ether oxygens (including phenoxy) is 2. The van der Waals surface area contributed by atoms with Crippen molar-refractivity contribution in [3.05, 3.63) is 28.3 Å². The predicted molar refractivity (Wildman–Crippen MR) is 85.8 cm³/mol. The molecule has 1 aromatic carbocycles. The molecule has 1 aliphatic rings. The first-order valence-electron chi connectivity index (χ1n) is 6.69. The number of benzene rings is 1. The van der Waals surface area contributed by atoms with Gasteiger partial charge in [0.05, 0.1) is 6.61 Å². The molecule has 0 amide bonds. The van der Waals surface area contributed by atoms with Crippen LogP contribution < -0.4 is 10.1 Å². The second-order valence-electron chi connectivity index (χ2n) is 4.79. The molecule has 1 aliphatic heterocycles. The summed E-state index contributed by atoms with van der Waals surface area (Å²) < 4.78 is 47.8. The Morgan fingerprint density at radius 1 is 1.33 bits per heavy atom. The highest BCUT2D eigenvalue weighted by atomic mass is 35.5. The van der Waals surface area contributed by atoms with Crippen molar-refractivity contribution in [2.24, 2.45) is 0 Å². The minimum atomic E-state index is -4.29. The van der Waals surface area contributed by atoms with Gasteiger partial charge in [0.2, 0.25) is 5.13 Å². The molecule has 24 heavy (non-hydrogen) atoms. The number of anilines is 1. The molecule has 0 bridgehead atoms. The Hall–Kier alpha value is -1.23. The lowest BCUT2D eigenvalue weighted by Crippen LogP contribution is -2.21. The Balaban J connectivity index is 1.64. The van der Waals surface area contributed by atoms with Gasteiger partial charge in [-0.15, -0.1) is 10.2 Å². The number of rotatable bonds is 5. The van der Waals surface area contributed by atoms with Crippen LogP contribution in [0.25, 0.3) is 0 Å². The third-order valence-electron chi connectivity index (χ3n) is 2.95. The van der Waals surface area contributed by atoms with Crippen LogP contribution in [0.5, 0.6) is 5.75 Å². The van der Waals surface area contributed by atoms with Gasteiger partial charge in [-0.05, 0) is 12.1 Å². The summed E-state index contributed by atoms with van der Waals surface area (Å²) in [5, 5.41) is 10.5. The molecule has 3 rings (SSSR count). The van der Waals surface area contributed by atoms with Crippen LogP contribution in [-0.2, 0) is 17.1 Å². The number of halogens is 4. The van der Waals surface area contributed by atoms with Crippen molar-refractivity contribution in [3.8, 4) is 5.75 Å². The molecule has 11 heteroatoms. The molecule has 2 heterocycles. The number of nitrogens with one attached hydrogen (secondary N) is 1. The van der Waals surface area contributed by atoms with Crippen LogP contribution >= 0.6 is 34.7 Å². The standard InChI is InChI=1S/C13H11ClF3N3O2S2/c14-9-1-7-3-21-6-22-10(7)8(2-9)4-23-12-20-19-11(24-12)18-5-13(15,16)17/h1-2H,3-6H2,(H,18,19). The molecular formula is C13H11ClF3N3O2S2. The van der Waals surface area contributed by atoms with E-state index in [1.165, 1.54) is 11.8 Å². The third-order valence-corrected chi connectivity index (χ3v) is 5.23. The highest BCUT2D eigenvalue weighted by molar-refractivity contribution is 8.00. The van der Waals surface area contributed by atoms with Gasteiger partial charge >= 0.3 is 6.18 Å². The van der Waals surface area contributed by atoms with Crippen molar-refractivity contribution < 1.29 is 22.6 Å². The number of alkyl halides is 3. The van der Waals surface area contributed by atoms with E-state index in [9.17, 15) is 13.2 Å². The molecule has 0 atom stereocenters. The molecule has 130 valence electrons. The van der Waals surface area contributed by atoms with Crippen LogP contribution in [-0.4, -0.2) is 29.7 Å². The average molecular weight is 398 g/mol. The Morgan fingerprint density at radius 2 is 2.17 bits per heavy atom. The van der Waals surface area contributed by atoms with Crippen LogP contribution in [0.3, 0.4) is 0 Å². The fourth-order valence-corrected chi connectivity index (χ4v) is 4.00. The van der Waals surface area contributed by atoms with Crippen molar-refractivity contribution in [1.82, 2.24) is 10.2 Å². The maximum absolute atomic E-state index is 12.2. The summed E-state index contributed by atoms with van der Waals surface area (Å²) in [6, 6.07) is 3.58. The molecule has 5 nitrogen and oxygen atoms in total. The van der Waals surface area contributed by atoms with Gasteiger partial charge in [-0.2, -0.15) is 13.2 Å². The van der Waals surface area contributed by atoms with Crippen LogP contribution in [0.2, 0.25) is 5.02 Å². The summed E-state index contributed by atoms with van der Waals surface area (Å²) >= 11 is 8.51. The summed E-state index contributed by atoms with van der Waals surface area (Å²) in [7, 11) is 0. The van der Waals surface area contributed by atoms with Crippen molar-refractivity contribution in [1.29, 1.82) is 0 Å². The van der Waals surface area contributed by atoms with Crippen molar-refractivity contribution in [2.45, 2.75) is 22.9 Å². The topological polar surface area (TPSA) is 56.3 Å². The SMILES string of the molecule is FC(F)(F)CNc1nnc(SCc2cc(Cl)cc3c2OCOC3)s1. The average Bonchev–Trinajstić information content (AvgIpc) is 2.98. The summed E-state index contributed by atoms with van der Waals surface area (Å²) in [5.41, 5.74) is 1.75. The summed E-state index contributed by atoms with van der Waals surface area (Å²) in [5.74, 6) is 1.25. The smallest absolute Gasteiger partial charge is 0.405 e. The Kier molecular flexibility index (Phi) is 5.38. The number of nitrogens with zero attached hydrogens (tertiary/aromatic N) is 2. The maximum Gasteiger partial charge on any atom is 0.405 e. The van der Waals surface area contributed by atoms with Crippen molar-refractivity contribution in [3.63, 3.8) is 0 Å². The van der Waals surface area contributed by atoms with Gasteiger partial charge < -0.3 is 14.8 Å². The van der Waals surface area contributed by atoms with E-state index in [4.69, 9.17) is 21.1 Å². The minimum Gasteiger partial charge on any atom is -0.467 e. The molecule has 0 fully saturated rings. The van der Waals surface area contributed by atoms with E-state index < -0.39 is 12.7 Å². The molecular weight excluding hydrogens is 387 g/mol. The van der Waals surface area contributed by atoms with E-state index in [0.29, 0.717) is 21.7 Å². The number of hydrogen-bond donors (Lipinski definition) is 1. The zero-order valence-electron chi connectivity index (χ0n) is 12.0. The first-order valence-corrected chi connectivity index (χ1v) is 8.87. The van der Waals surface area contributed by atoms with Gasteiger partial charge in [0.25, 0.3) is 0 Å². The Bertz CT molecular complexity index is 727. The second kappa shape index (κ2) is 7.34. The fraction of sp³-hybridized carbons (Fsp3) is 0.385. The number of aromatic nitrogens is 2. The lowest BCUT2D eigenvalue weighted by atomic mass is 10.1. The van der Waals surface area contributed by atoms with Crippen LogP contribution in [0.15, 0.2) is 16.5 Å². The number of thioether (sulfide) groups is 1. The normalized spacial score (nSPS) is 14.2. The van der Waals surface area contributed by atoms with Gasteiger partial charge in [-0.1, -0.05) is 34.7 Å². The van der Waals surface area contributed by atoms with Gasteiger partial charge in [-0.3, -0.25) is 0 Å². The van der Waals surface area contributed by atoms with Gasteiger partial charge in [0.15, 0.2) is 11.1 Å². The predicted octanol–water partition coefficient (Wildman–Crippen LogP) is 4.32. The highest BCUT2D eigenvalue weighted by Gasteiger charge is 2.27. The molecule has 0 unspecified atom stereocenters. The molecule has 2 aromatic rings. The molecule has 0 saturated carbocycles. The van der Waals surface area contributed by atoms with E-state index in [0.717, 1.165) is 28.2 Å². The lowest BCUT2D eigenvalue weighted by molar-refractivity contribution is -0.115. The zero-order valence-corrected chi connectivity index (χ0v) is 14.4. The number of fused-ring (bicyclic) bond motifs is 1. The largest absolute Gasteiger partial charge is 0.467 e. The van der Waals surface area contributed by atoms with E-state index >= 15 is 0 Å². The molecule has 0 saturated heterocycles. The van der Waals surface area contributed by atoms with E-state index in [1.807, 2.05) is 0 Å². The van der Waals surface area contributed by atoms with Crippen LogP contribution in [0.1, 0.15) is 11.1 Å². The highest BCUT2D eigenvalue weighted by Crippen LogP contribution is 2.36. The third kappa shape index (κ3) is 4.65. The van der Waals surface area contributed by atoms with Gasteiger partial charge in [0, 0.05) is 21.9 Å². The maximum atomic E-state index is 12.2. The molecule has 1 aromatic heterocycles. The first kappa shape index (κ1) is 17.6. The molecule has 0 radical (unpaired) electrons. The van der Waals surface area contributed by atoms with E-state index in [-0.39, 0.29) is 11.9 Å². The fourth-order valence-electron chi connectivity index (χ4n) is 2.02. The van der Waals surface area contributed by atoms with Crippen molar-refractivity contribution in [2.75, 3.05) is 18.7 Å². The Morgan fingerprint density at radius 3 is 2.96 bits per heavy atom. The first-order chi connectivity index (χ1) is 11.4. The van der Waals surface area contributed by atoms with Crippen LogP contribution in [0, 0.1) is 0 Å². The summed E-state index contributed by atoms with van der Waals surface area (Å²) in [6.45, 7) is -0.531. The van der Waals surface area contributed by atoms with Gasteiger partial charge in [0.1, 0.15) is 12.3 Å². The Labute approximate surface area is 148 Å². The lowest BCUT2D eigenvalue weighted by Gasteiger charge is -2.20. The monoisotopic (exact) mass is 397 g/mol. The van der Waals surface area contributed by atoms with E-state index in [1.54, 1.807) is 12.1 Å². The number of hydrogen-bond acceptors (Lipinski definition) is 7. The molecule has 1 N–H and O–H groups in total. The molecule has 0 spiro atoms. The summed E-state index contributed by atoms with van der Waals surface area (Å²) in [6.07, 6.45) is -4.29. The van der Waals surface area contributed by atoms with E-state index in [2.05, 4.69) is 15.5 Å². The quantitative estimate of drug-likeness (QED) is 0.758. The molecule has 0 aliphatic carbocycles.